The number of ether oxygens (including phenoxy) is 1. The van der Waals surface area contributed by atoms with E-state index in [0.717, 1.165) is 24.2 Å². The molecule has 0 fully saturated rings. The number of hydrogen-bond donors (Lipinski definition) is 1. The number of allylic oxidation sites excluding steroid dienone is 1. The second-order valence-electron chi connectivity index (χ2n) is 4.60. The standard InChI is InChI=1S/C17H21NO.ClH/c1-3-5-10-15(18)17-14-9-7-6-8-13(14)11-12-16(17)19-4-2;/h3,6-9,11-12,15H,1,4-5,10,18H2,2H3;1H/t15-;/m1./s1. The molecule has 0 aliphatic heterocycles. The van der Waals surface area contributed by atoms with Crippen LogP contribution >= 0.6 is 12.4 Å². The molecule has 108 valence electrons. The zero-order valence-electron chi connectivity index (χ0n) is 11.8. The fourth-order valence-electron chi connectivity index (χ4n) is 2.38. The molecule has 2 aromatic carbocycles. The largest absolute Gasteiger partial charge is 0.494 e. The summed E-state index contributed by atoms with van der Waals surface area (Å²) in [7, 11) is 0. The maximum absolute atomic E-state index is 6.35. The Balaban J connectivity index is 0.00000200. The van der Waals surface area contributed by atoms with Crippen LogP contribution in [0.15, 0.2) is 49.1 Å². The Kier molecular flexibility index (Phi) is 6.56. The molecule has 2 rings (SSSR count). The molecule has 2 nitrogen and oxygen atoms in total. The van der Waals surface area contributed by atoms with Crippen molar-refractivity contribution in [1.29, 1.82) is 0 Å². The summed E-state index contributed by atoms with van der Waals surface area (Å²) in [6.07, 6.45) is 3.71. The summed E-state index contributed by atoms with van der Waals surface area (Å²) in [5.74, 6) is 0.901. The van der Waals surface area contributed by atoms with Crippen molar-refractivity contribution in [2.45, 2.75) is 25.8 Å². The average molecular weight is 292 g/mol. The third-order valence-corrected chi connectivity index (χ3v) is 3.28. The molecule has 0 radical (unpaired) electrons. The Morgan fingerprint density at radius 1 is 1.25 bits per heavy atom. The number of rotatable bonds is 6. The van der Waals surface area contributed by atoms with Crippen molar-refractivity contribution in [3.05, 3.63) is 54.6 Å². The zero-order chi connectivity index (χ0) is 13.7. The Morgan fingerprint density at radius 3 is 2.70 bits per heavy atom. The van der Waals surface area contributed by atoms with Gasteiger partial charge in [0, 0.05) is 11.6 Å². The second-order valence-corrected chi connectivity index (χ2v) is 4.60. The lowest BCUT2D eigenvalue weighted by molar-refractivity contribution is 0.334. The summed E-state index contributed by atoms with van der Waals surface area (Å²) < 4.78 is 5.74. The highest BCUT2D eigenvalue weighted by atomic mass is 35.5. The van der Waals surface area contributed by atoms with Gasteiger partial charge in [-0.15, -0.1) is 19.0 Å². The Morgan fingerprint density at radius 2 is 2.00 bits per heavy atom. The molecule has 0 aliphatic carbocycles. The van der Waals surface area contributed by atoms with Gasteiger partial charge in [-0.2, -0.15) is 0 Å². The molecule has 0 aromatic heterocycles. The van der Waals surface area contributed by atoms with E-state index >= 15 is 0 Å². The van der Waals surface area contributed by atoms with Crippen molar-refractivity contribution >= 4 is 23.2 Å². The van der Waals surface area contributed by atoms with Gasteiger partial charge in [-0.3, -0.25) is 0 Å². The van der Waals surface area contributed by atoms with Crippen LogP contribution in [0.25, 0.3) is 10.8 Å². The molecule has 2 N–H and O–H groups in total. The van der Waals surface area contributed by atoms with Crippen molar-refractivity contribution in [1.82, 2.24) is 0 Å². The van der Waals surface area contributed by atoms with E-state index in [2.05, 4.69) is 24.8 Å². The number of nitrogens with two attached hydrogens (primary N) is 1. The quantitative estimate of drug-likeness (QED) is 0.788. The van der Waals surface area contributed by atoms with Crippen molar-refractivity contribution < 1.29 is 4.74 Å². The van der Waals surface area contributed by atoms with Crippen LogP contribution in [-0.2, 0) is 0 Å². The van der Waals surface area contributed by atoms with E-state index in [1.807, 2.05) is 31.2 Å². The second kappa shape index (κ2) is 7.93. The Bertz CT molecular complexity index is 568. The number of halogens is 1. The first-order valence-electron chi connectivity index (χ1n) is 6.78. The van der Waals surface area contributed by atoms with Crippen LogP contribution in [0.4, 0.5) is 0 Å². The normalized spacial score (nSPS) is 11.7. The van der Waals surface area contributed by atoms with E-state index in [0.29, 0.717) is 6.61 Å². The molecule has 2 aromatic rings. The summed E-state index contributed by atoms with van der Waals surface area (Å²) >= 11 is 0. The van der Waals surface area contributed by atoms with Gasteiger partial charge in [0.15, 0.2) is 0 Å². The predicted molar refractivity (Wildman–Crippen MR) is 88.7 cm³/mol. The minimum Gasteiger partial charge on any atom is -0.494 e. The minimum absolute atomic E-state index is 0. The molecule has 0 aliphatic rings. The molecule has 0 spiro atoms. The monoisotopic (exact) mass is 291 g/mol. The molecular formula is C17H22ClNO. The highest BCUT2D eigenvalue weighted by Gasteiger charge is 2.15. The zero-order valence-corrected chi connectivity index (χ0v) is 12.7. The average Bonchev–Trinajstić information content (AvgIpc) is 2.45. The lowest BCUT2D eigenvalue weighted by atomic mass is 9.95. The van der Waals surface area contributed by atoms with Crippen molar-refractivity contribution in [3.8, 4) is 5.75 Å². The maximum atomic E-state index is 6.35. The van der Waals surface area contributed by atoms with Crippen LogP contribution < -0.4 is 10.5 Å². The van der Waals surface area contributed by atoms with Gasteiger partial charge in [-0.05, 0) is 36.6 Å². The fraction of sp³-hybridized carbons (Fsp3) is 0.294. The van der Waals surface area contributed by atoms with Crippen LogP contribution in [0.1, 0.15) is 31.4 Å². The summed E-state index contributed by atoms with van der Waals surface area (Å²) in [6, 6.07) is 12.4. The van der Waals surface area contributed by atoms with Crippen LogP contribution in [0.5, 0.6) is 5.75 Å². The van der Waals surface area contributed by atoms with Crippen LogP contribution in [-0.4, -0.2) is 6.61 Å². The van der Waals surface area contributed by atoms with E-state index < -0.39 is 0 Å². The Hall–Kier alpha value is -1.51. The first-order chi connectivity index (χ1) is 9.27. The molecular weight excluding hydrogens is 270 g/mol. The van der Waals surface area contributed by atoms with Crippen LogP contribution in [0.2, 0.25) is 0 Å². The minimum atomic E-state index is -0.0225. The van der Waals surface area contributed by atoms with Gasteiger partial charge in [0.1, 0.15) is 5.75 Å². The van der Waals surface area contributed by atoms with Gasteiger partial charge in [0.05, 0.1) is 6.61 Å². The summed E-state index contributed by atoms with van der Waals surface area (Å²) in [6.45, 7) is 6.41. The van der Waals surface area contributed by atoms with E-state index in [4.69, 9.17) is 10.5 Å². The lowest BCUT2D eigenvalue weighted by Gasteiger charge is -2.18. The topological polar surface area (TPSA) is 35.2 Å². The SMILES string of the molecule is C=CCC[C@@H](N)c1c(OCC)ccc2ccccc12.Cl. The van der Waals surface area contributed by atoms with Gasteiger partial charge in [0.2, 0.25) is 0 Å². The molecule has 0 saturated carbocycles. The first-order valence-corrected chi connectivity index (χ1v) is 6.78. The number of benzene rings is 2. The van der Waals surface area contributed by atoms with Crippen LogP contribution in [0.3, 0.4) is 0 Å². The molecule has 0 heterocycles. The van der Waals surface area contributed by atoms with Crippen LogP contribution in [0, 0.1) is 0 Å². The third-order valence-electron chi connectivity index (χ3n) is 3.28. The van der Waals surface area contributed by atoms with E-state index in [1.54, 1.807) is 0 Å². The molecule has 0 unspecified atom stereocenters. The molecule has 1 atom stereocenters. The van der Waals surface area contributed by atoms with E-state index in [-0.39, 0.29) is 18.4 Å². The van der Waals surface area contributed by atoms with Gasteiger partial charge < -0.3 is 10.5 Å². The highest BCUT2D eigenvalue weighted by Crippen LogP contribution is 2.34. The van der Waals surface area contributed by atoms with Crippen molar-refractivity contribution in [2.24, 2.45) is 5.73 Å². The Labute approximate surface area is 127 Å². The molecule has 0 amide bonds. The fourth-order valence-corrected chi connectivity index (χ4v) is 2.38. The van der Waals surface area contributed by atoms with E-state index in [9.17, 15) is 0 Å². The maximum Gasteiger partial charge on any atom is 0.124 e. The van der Waals surface area contributed by atoms with Gasteiger partial charge in [0.25, 0.3) is 0 Å². The molecule has 3 heteroatoms. The summed E-state index contributed by atoms with van der Waals surface area (Å²) in [5.41, 5.74) is 7.46. The smallest absolute Gasteiger partial charge is 0.124 e. The summed E-state index contributed by atoms with van der Waals surface area (Å²) in [4.78, 5) is 0. The first kappa shape index (κ1) is 16.5. The molecule has 0 bridgehead atoms. The summed E-state index contributed by atoms with van der Waals surface area (Å²) in [5, 5.41) is 2.39. The predicted octanol–water partition coefficient (Wildman–Crippen LogP) is 4.63. The highest BCUT2D eigenvalue weighted by molar-refractivity contribution is 5.88. The van der Waals surface area contributed by atoms with Crippen molar-refractivity contribution in [3.63, 3.8) is 0 Å². The lowest BCUT2D eigenvalue weighted by Crippen LogP contribution is -2.12. The molecule has 0 saturated heterocycles. The van der Waals surface area contributed by atoms with Crippen molar-refractivity contribution in [2.75, 3.05) is 6.61 Å². The van der Waals surface area contributed by atoms with Gasteiger partial charge in [-0.25, -0.2) is 0 Å². The molecule has 20 heavy (non-hydrogen) atoms. The third kappa shape index (κ3) is 3.53. The number of hydrogen-bond acceptors (Lipinski definition) is 2. The van der Waals surface area contributed by atoms with Gasteiger partial charge in [-0.1, -0.05) is 36.4 Å². The number of fused-ring (bicyclic) bond motifs is 1. The van der Waals surface area contributed by atoms with E-state index in [1.165, 1.54) is 10.8 Å². The van der Waals surface area contributed by atoms with Gasteiger partial charge >= 0.3 is 0 Å².